The molecule has 1 aromatic carbocycles. The van der Waals surface area contributed by atoms with Crippen LogP contribution in [0, 0.1) is 0 Å². The fourth-order valence-electron chi connectivity index (χ4n) is 2.97. The zero-order valence-electron chi connectivity index (χ0n) is 16.8. The Morgan fingerprint density at radius 2 is 1.88 bits per heavy atom. The first-order valence-electron chi connectivity index (χ1n) is 9.38. The van der Waals surface area contributed by atoms with Gasteiger partial charge in [0.15, 0.2) is 23.9 Å². The van der Waals surface area contributed by atoms with Gasteiger partial charge in [-0.1, -0.05) is 0 Å². The van der Waals surface area contributed by atoms with Gasteiger partial charge in [-0.3, -0.25) is 4.79 Å². The topological polar surface area (TPSA) is 185 Å². The maximum Gasteiger partial charge on any atom is 0.338 e. The van der Waals surface area contributed by atoms with Crippen molar-refractivity contribution in [1.82, 2.24) is 0 Å². The van der Waals surface area contributed by atoms with Gasteiger partial charge in [-0.25, -0.2) is 4.79 Å². The fourth-order valence-corrected chi connectivity index (χ4v) is 2.97. The molecular weight excluding hydrogens is 432 g/mol. The molecule has 0 spiro atoms. The van der Waals surface area contributed by atoms with Crippen molar-refractivity contribution in [3.8, 4) is 17.2 Å². The number of benzene rings is 1. The third kappa shape index (κ3) is 4.84. The number of aliphatic hydroxyl groups is 4. The molecule has 3 rings (SSSR count). The summed E-state index contributed by atoms with van der Waals surface area (Å²) in [5, 5.41) is 48.7. The number of aromatic hydroxyl groups is 1. The smallest absolute Gasteiger partial charge is 0.338 e. The van der Waals surface area contributed by atoms with Gasteiger partial charge < -0.3 is 48.9 Å². The Kier molecular flexibility index (Phi) is 7.33. The maximum atomic E-state index is 12.3. The van der Waals surface area contributed by atoms with Crippen LogP contribution in [0.4, 0.5) is 0 Å². The summed E-state index contributed by atoms with van der Waals surface area (Å²) >= 11 is 0. The van der Waals surface area contributed by atoms with Crippen LogP contribution in [-0.4, -0.2) is 75.9 Å². The number of hydrogen-bond donors (Lipinski definition) is 5. The average Bonchev–Trinajstić information content (AvgIpc) is 2.79. The zero-order valence-corrected chi connectivity index (χ0v) is 16.8. The number of hydrogen-bond acceptors (Lipinski definition) is 12. The second-order valence-electron chi connectivity index (χ2n) is 6.82. The molecule has 32 heavy (non-hydrogen) atoms. The Bertz CT molecular complexity index is 1000. The Balaban J connectivity index is 1.76. The first-order valence-corrected chi connectivity index (χ1v) is 9.38. The molecule has 1 aromatic heterocycles. The van der Waals surface area contributed by atoms with Crippen molar-refractivity contribution in [2.45, 2.75) is 37.3 Å². The van der Waals surface area contributed by atoms with Gasteiger partial charge >= 0.3 is 5.97 Å². The highest BCUT2D eigenvalue weighted by atomic mass is 16.7. The molecule has 0 bridgehead atoms. The number of carbonyl (C=O) groups excluding carboxylic acids is 1. The Morgan fingerprint density at radius 3 is 2.56 bits per heavy atom. The average molecular weight is 454 g/mol. The largest absolute Gasteiger partial charge is 0.504 e. The number of methoxy groups -OCH3 is 1. The van der Waals surface area contributed by atoms with Gasteiger partial charge in [0.2, 0.25) is 17.5 Å². The number of rotatable bonds is 7. The molecule has 5 N–H and O–H groups in total. The monoisotopic (exact) mass is 454 g/mol. The van der Waals surface area contributed by atoms with Crippen LogP contribution >= 0.6 is 0 Å². The molecule has 2 aromatic rings. The van der Waals surface area contributed by atoms with Crippen molar-refractivity contribution >= 4 is 5.97 Å². The molecule has 0 aliphatic carbocycles. The number of carbonyl (C=O) groups is 1. The highest BCUT2D eigenvalue weighted by molar-refractivity contribution is 5.90. The number of aliphatic hydroxyl groups excluding tert-OH is 4. The lowest BCUT2D eigenvalue weighted by Gasteiger charge is -2.39. The quantitative estimate of drug-likeness (QED) is 0.318. The van der Waals surface area contributed by atoms with Gasteiger partial charge in [-0.2, -0.15) is 0 Å². The lowest BCUT2D eigenvalue weighted by molar-refractivity contribution is -0.278. The van der Waals surface area contributed by atoms with Crippen molar-refractivity contribution in [3.63, 3.8) is 0 Å². The number of phenols is 1. The van der Waals surface area contributed by atoms with Crippen molar-refractivity contribution in [2.75, 3.05) is 13.7 Å². The van der Waals surface area contributed by atoms with Gasteiger partial charge in [0.05, 0.1) is 25.5 Å². The summed E-state index contributed by atoms with van der Waals surface area (Å²) in [6.45, 7) is -1.24. The van der Waals surface area contributed by atoms with Crippen LogP contribution in [0.25, 0.3) is 0 Å². The van der Waals surface area contributed by atoms with E-state index in [0.717, 1.165) is 12.3 Å². The highest BCUT2D eigenvalue weighted by Gasteiger charge is 2.45. The second kappa shape index (κ2) is 9.97. The molecule has 12 heteroatoms. The summed E-state index contributed by atoms with van der Waals surface area (Å²) in [4.78, 5) is 24.6. The minimum Gasteiger partial charge on any atom is -0.504 e. The van der Waals surface area contributed by atoms with Crippen LogP contribution < -0.4 is 14.9 Å². The normalized spacial score (nSPS) is 25.2. The first kappa shape index (κ1) is 23.5. The molecule has 174 valence electrons. The van der Waals surface area contributed by atoms with E-state index in [1.807, 2.05) is 0 Å². The molecule has 0 saturated carbocycles. The zero-order chi connectivity index (χ0) is 23.4. The third-order valence-corrected chi connectivity index (χ3v) is 4.74. The first-order chi connectivity index (χ1) is 15.3. The van der Waals surface area contributed by atoms with E-state index in [1.54, 1.807) is 0 Å². The fraction of sp³-hybridized carbons (Fsp3) is 0.400. The number of phenolic OH excluding ortho intramolecular Hbond substituents is 1. The lowest BCUT2D eigenvalue weighted by Crippen LogP contribution is -2.60. The molecule has 12 nitrogen and oxygen atoms in total. The Hall–Kier alpha value is -3.16. The number of esters is 1. The molecule has 0 amide bonds. The summed E-state index contributed by atoms with van der Waals surface area (Å²) in [5.74, 6) is -1.64. The van der Waals surface area contributed by atoms with E-state index in [4.69, 9.17) is 23.4 Å². The molecule has 2 heterocycles. The van der Waals surface area contributed by atoms with Crippen LogP contribution in [0.1, 0.15) is 16.1 Å². The molecule has 5 unspecified atom stereocenters. The van der Waals surface area contributed by atoms with E-state index in [9.17, 15) is 35.1 Å². The maximum absolute atomic E-state index is 12.3. The van der Waals surface area contributed by atoms with Crippen molar-refractivity contribution < 1.29 is 53.7 Å². The summed E-state index contributed by atoms with van der Waals surface area (Å²) < 4.78 is 25.8. The van der Waals surface area contributed by atoms with Crippen LogP contribution in [0.3, 0.4) is 0 Å². The predicted octanol–water partition coefficient (Wildman–Crippen LogP) is -1.11. The van der Waals surface area contributed by atoms with E-state index in [0.29, 0.717) is 0 Å². The van der Waals surface area contributed by atoms with E-state index >= 15 is 0 Å². The van der Waals surface area contributed by atoms with E-state index in [2.05, 4.69) is 0 Å². The van der Waals surface area contributed by atoms with Gasteiger partial charge in [0, 0.05) is 6.07 Å². The molecule has 1 fully saturated rings. The van der Waals surface area contributed by atoms with Crippen LogP contribution in [0.15, 0.2) is 39.7 Å². The van der Waals surface area contributed by atoms with Gasteiger partial charge in [0.1, 0.15) is 24.4 Å². The summed E-state index contributed by atoms with van der Waals surface area (Å²) in [5.41, 5.74) is -0.653. The molecule has 0 radical (unpaired) electrons. The minimum absolute atomic E-state index is 0.0503. The Labute approximate surface area is 180 Å². The molecule has 1 aliphatic rings. The molecule has 5 atom stereocenters. The van der Waals surface area contributed by atoms with Crippen LogP contribution in [0.5, 0.6) is 17.2 Å². The Morgan fingerprint density at radius 1 is 1.12 bits per heavy atom. The molecule has 1 saturated heterocycles. The van der Waals surface area contributed by atoms with E-state index in [1.165, 1.54) is 25.3 Å². The predicted molar refractivity (Wildman–Crippen MR) is 103 cm³/mol. The lowest BCUT2D eigenvalue weighted by atomic mass is 9.99. The second-order valence-corrected chi connectivity index (χ2v) is 6.82. The van der Waals surface area contributed by atoms with Crippen molar-refractivity contribution in [2.24, 2.45) is 0 Å². The minimum atomic E-state index is -1.76. The summed E-state index contributed by atoms with van der Waals surface area (Å²) in [7, 11) is 1.31. The highest BCUT2D eigenvalue weighted by Crippen LogP contribution is 2.28. The van der Waals surface area contributed by atoms with Gasteiger partial charge in [-0.15, -0.1) is 0 Å². The van der Waals surface area contributed by atoms with E-state index in [-0.39, 0.29) is 22.8 Å². The van der Waals surface area contributed by atoms with Crippen LogP contribution in [-0.2, 0) is 16.1 Å². The SMILES string of the molecule is COc1cc(C(=O)OCc2occc(=O)c2OC2OC(CO)C(O)C(O)C2O)ccc1O. The third-order valence-electron chi connectivity index (χ3n) is 4.74. The molecule has 1 aliphatic heterocycles. The van der Waals surface area contributed by atoms with Crippen molar-refractivity contribution in [3.05, 3.63) is 52.1 Å². The van der Waals surface area contributed by atoms with Gasteiger partial charge in [0.25, 0.3) is 0 Å². The van der Waals surface area contributed by atoms with Gasteiger partial charge in [-0.05, 0) is 18.2 Å². The standard InChI is InChI=1S/C20H22O12/c1-28-12-6-9(2-3-10(12)22)19(27)30-8-14-18(11(23)4-5-29-14)32-20-17(26)16(25)15(24)13(7-21)31-20/h2-6,13,15-17,20-22,24-26H,7-8H2,1H3. The van der Waals surface area contributed by atoms with E-state index < -0.39 is 61.1 Å². The van der Waals surface area contributed by atoms with Crippen molar-refractivity contribution in [1.29, 1.82) is 0 Å². The summed E-state index contributed by atoms with van der Waals surface area (Å²) in [6, 6.07) is 4.80. The van der Waals surface area contributed by atoms with Crippen LogP contribution in [0.2, 0.25) is 0 Å². The summed E-state index contributed by atoms with van der Waals surface area (Å²) in [6.07, 6.45) is -6.93. The number of ether oxygens (including phenoxy) is 4. The molecular formula is C20H22O12.